The highest BCUT2D eigenvalue weighted by Gasteiger charge is 2.27. The zero-order valence-electron chi connectivity index (χ0n) is 17.1. The number of methoxy groups -OCH3 is 1. The van der Waals surface area contributed by atoms with Gasteiger partial charge in [-0.2, -0.15) is 0 Å². The van der Waals surface area contributed by atoms with Crippen molar-refractivity contribution in [2.45, 2.75) is 24.3 Å². The second-order valence-electron chi connectivity index (χ2n) is 6.94. The molecule has 0 saturated carbocycles. The smallest absolute Gasteiger partial charge is 0.263 e. The van der Waals surface area contributed by atoms with Gasteiger partial charge in [0, 0.05) is 12.1 Å². The van der Waals surface area contributed by atoms with Gasteiger partial charge >= 0.3 is 0 Å². The highest BCUT2D eigenvalue weighted by atomic mass is 35.5. The molecular formula is C20H22ClN3O5S2. The van der Waals surface area contributed by atoms with Crippen LogP contribution < -0.4 is 24.8 Å². The fourth-order valence-electron chi connectivity index (χ4n) is 3.24. The van der Waals surface area contributed by atoms with Gasteiger partial charge in [0.05, 0.1) is 23.6 Å². The van der Waals surface area contributed by atoms with Crippen molar-refractivity contribution in [3.63, 3.8) is 0 Å². The molecule has 2 aromatic carbocycles. The Morgan fingerprint density at radius 2 is 2.03 bits per heavy atom. The third kappa shape index (κ3) is 5.20. The molecule has 1 heterocycles. The third-order valence-electron chi connectivity index (χ3n) is 4.75. The molecule has 3 rings (SSSR count). The maximum atomic E-state index is 12.8. The standard InChI is InChI=1S/C20H22ClN3O5S2/c1-11-6-17-12(8-18(11)31(26,27)24-20(30)22-2)7-14(10-29-17)23-19(25)15-9-13(21)4-5-16(15)28-3/h4-6,8-9,14H,7,10H2,1-3H3,(H,23,25)(H2,22,24,30). The number of hydrogen-bond acceptors (Lipinski definition) is 6. The minimum atomic E-state index is -3.86. The zero-order chi connectivity index (χ0) is 22.8. The van der Waals surface area contributed by atoms with Gasteiger partial charge in [-0.1, -0.05) is 11.6 Å². The lowest BCUT2D eigenvalue weighted by molar-refractivity contribution is 0.0912. The topological polar surface area (TPSA) is 106 Å². The van der Waals surface area contributed by atoms with E-state index >= 15 is 0 Å². The number of carbonyl (C=O) groups excluding carboxylic acids is 1. The quantitative estimate of drug-likeness (QED) is 0.559. The molecule has 1 atom stereocenters. The van der Waals surface area contributed by atoms with Gasteiger partial charge in [-0.3, -0.25) is 9.52 Å². The summed E-state index contributed by atoms with van der Waals surface area (Å²) < 4.78 is 38.7. The van der Waals surface area contributed by atoms with Crippen LogP contribution in [-0.4, -0.2) is 46.2 Å². The Bertz CT molecular complexity index is 1140. The predicted molar refractivity (Wildman–Crippen MR) is 122 cm³/mol. The van der Waals surface area contributed by atoms with Crippen molar-refractivity contribution in [3.8, 4) is 11.5 Å². The first kappa shape index (κ1) is 23.1. The summed E-state index contributed by atoms with van der Waals surface area (Å²) in [6, 6.07) is 7.63. The maximum absolute atomic E-state index is 12.8. The van der Waals surface area contributed by atoms with E-state index in [9.17, 15) is 13.2 Å². The van der Waals surface area contributed by atoms with Crippen molar-refractivity contribution in [2.75, 3.05) is 20.8 Å². The lowest BCUT2D eigenvalue weighted by atomic mass is 10.0. The fraction of sp³-hybridized carbons (Fsp3) is 0.300. The Morgan fingerprint density at radius 1 is 1.29 bits per heavy atom. The molecule has 31 heavy (non-hydrogen) atoms. The second-order valence-corrected chi connectivity index (χ2v) is 9.44. The van der Waals surface area contributed by atoms with Crippen molar-refractivity contribution >= 4 is 44.9 Å². The van der Waals surface area contributed by atoms with Crippen LogP contribution in [0.5, 0.6) is 11.5 Å². The number of fused-ring (bicyclic) bond motifs is 1. The Labute approximate surface area is 191 Å². The van der Waals surface area contributed by atoms with Gasteiger partial charge in [0.2, 0.25) is 0 Å². The Balaban J connectivity index is 1.82. The molecule has 8 nitrogen and oxygen atoms in total. The molecule has 166 valence electrons. The lowest BCUT2D eigenvalue weighted by Crippen LogP contribution is -2.43. The third-order valence-corrected chi connectivity index (χ3v) is 6.91. The van der Waals surface area contributed by atoms with Crippen LogP contribution in [0.2, 0.25) is 5.02 Å². The Morgan fingerprint density at radius 3 is 2.71 bits per heavy atom. The first-order chi connectivity index (χ1) is 14.6. The van der Waals surface area contributed by atoms with E-state index in [0.29, 0.717) is 39.6 Å². The molecule has 0 spiro atoms. The number of hydrogen-bond donors (Lipinski definition) is 3. The zero-order valence-corrected chi connectivity index (χ0v) is 19.5. The summed E-state index contributed by atoms with van der Waals surface area (Å²) in [7, 11) is -0.862. The van der Waals surface area contributed by atoms with E-state index in [1.54, 1.807) is 31.2 Å². The monoisotopic (exact) mass is 483 g/mol. The van der Waals surface area contributed by atoms with Crippen molar-refractivity contribution < 1.29 is 22.7 Å². The first-order valence-electron chi connectivity index (χ1n) is 9.30. The van der Waals surface area contributed by atoms with Gasteiger partial charge < -0.3 is 20.1 Å². The van der Waals surface area contributed by atoms with Crippen LogP contribution in [0.1, 0.15) is 21.5 Å². The second kappa shape index (κ2) is 9.29. The molecule has 0 saturated heterocycles. The van der Waals surface area contributed by atoms with Gasteiger partial charge in [-0.15, -0.1) is 0 Å². The maximum Gasteiger partial charge on any atom is 0.263 e. The van der Waals surface area contributed by atoms with E-state index < -0.39 is 10.0 Å². The highest BCUT2D eigenvalue weighted by molar-refractivity contribution is 7.91. The molecule has 0 aromatic heterocycles. The molecule has 1 aliphatic heterocycles. The molecule has 1 amide bonds. The largest absolute Gasteiger partial charge is 0.496 e. The van der Waals surface area contributed by atoms with Crippen LogP contribution in [-0.2, 0) is 16.4 Å². The number of amides is 1. The average molecular weight is 484 g/mol. The summed E-state index contributed by atoms with van der Waals surface area (Å²) in [6.45, 7) is 1.93. The van der Waals surface area contributed by atoms with E-state index in [2.05, 4.69) is 15.4 Å². The van der Waals surface area contributed by atoms with Crippen molar-refractivity contribution in [1.82, 2.24) is 15.4 Å². The van der Waals surface area contributed by atoms with E-state index in [0.717, 1.165) is 0 Å². The SMILES string of the molecule is CNC(=S)NS(=O)(=O)c1cc2c(cc1C)OCC(NC(=O)c1cc(Cl)ccc1OC)C2. The van der Waals surface area contributed by atoms with E-state index in [1.807, 2.05) is 0 Å². The number of carbonyl (C=O) groups is 1. The summed E-state index contributed by atoms with van der Waals surface area (Å²) in [6.07, 6.45) is 0.392. The number of benzene rings is 2. The van der Waals surface area contributed by atoms with E-state index in [1.165, 1.54) is 20.2 Å². The van der Waals surface area contributed by atoms with Crippen LogP contribution in [0, 0.1) is 6.92 Å². The predicted octanol–water partition coefficient (Wildman–Crippen LogP) is 2.17. The van der Waals surface area contributed by atoms with Crippen LogP contribution in [0.15, 0.2) is 35.2 Å². The molecule has 0 radical (unpaired) electrons. The molecule has 0 bridgehead atoms. The number of ether oxygens (including phenoxy) is 2. The van der Waals surface area contributed by atoms with Crippen LogP contribution in [0.4, 0.5) is 0 Å². The molecule has 2 aromatic rings. The van der Waals surface area contributed by atoms with Crippen molar-refractivity contribution in [3.05, 3.63) is 52.0 Å². The minimum absolute atomic E-state index is 0.00557. The lowest BCUT2D eigenvalue weighted by Gasteiger charge is -2.27. The normalized spacial score (nSPS) is 15.3. The molecule has 1 aliphatic rings. The summed E-state index contributed by atoms with van der Waals surface area (Å²) in [4.78, 5) is 12.9. The number of sulfonamides is 1. The molecule has 3 N–H and O–H groups in total. The van der Waals surface area contributed by atoms with Gasteiger partial charge in [0.25, 0.3) is 15.9 Å². The molecular weight excluding hydrogens is 462 g/mol. The molecule has 0 aliphatic carbocycles. The number of thiocarbonyl (C=S) groups is 1. The molecule has 11 heteroatoms. The fourth-order valence-corrected chi connectivity index (χ4v) is 4.98. The van der Waals surface area contributed by atoms with Gasteiger partial charge in [-0.05, 0) is 67.0 Å². The summed E-state index contributed by atoms with van der Waals surface area (Å²) in [5, 5.41) is 5.88. The number of halogens is 1. The molecule has 1 unspecified atom stereocenters. The van der Waals surface area contributed by atoms with Gasteiger partial charge in [0.1, 0.15) is 18.1 Å². The Kier molecular flexibility index (Phi) is 6.93. The number of rotatable bonds is 5. The van der Waals surface area contributed by atoms with E-state index in [-0.39, 0.29) is 28.6 Å². The number of aryl methyl sites for hydroxylation is 1. The number of nitrogens with one attached hydrogen (secondary N) is 3. The first-order valence-corrected chi connectivity index (χ1v) is 11.6. The van der Waals surface area contributed by atoms with Crippen LogP contribution in [0.3, 0.4) is 0 Å². The average Bonchev–Trinajstić information content (AvgIpc) is 2.72. The summed E-state index contributed by atoms with van der Waals surface area (Å²) >= 11 is 10.9. The summed E-state index contributed by atoms with van der Waals surface area (Å²) in [5.74, 6) is 0.616. The van der Waals surface area contributed by atoms with E-state index in [4.69, 9.17) is 33.3 Å². The van der Waals surface area contributed by atoms with Crippen LogP contribution in [0.25, 0.3) is 0 Å². The summed E-state index contributed by atoms with van der Waals surface area (Å²) in [5.41, 5.74) is 1.49. The van der Waals surface area contributed by atoms with Crippen molar-refractivity contribution in [1.29, 1.82) is 0 Å². The van der Waals surface area contributed by atoms with Gasteiger partial charge in [0.15, 0.2) is 5.11 Å². The highest BCUT2D eigenvalue weighted by Crippen LogP contribution is 2.31. The Hall–Kier alpha value is -2.56. The van der Waals surface area contributed by atoms with Crippen LogP contribution >= 0.6 is 23.8 Å². The van der Waals surface area contributed by atoms with Crippen molar-refractivity contribution in [2.24, 2.45) is 0 Å². The van der Waals surface area contributed by atoms with Gasteiger partial charge in [-0.25, -0.2) is 8.42 Å². The minimum Gasteiger partial charge on any atom is -0.496 e. The molecule has 0 fully saturated rings.